The normalized spacial score (nSPS) is 10.9. The number of carbonyl (C=O) groups is 2. The van der Waals surface area contributed by atoms with E-state index in [1.807, 2.05) is 84.9 Å². The lowest BCUT2D eigenvalue weighted by Gasteiger charge is -2.13. The lowest BCUT2D eigenvalue weighted by Crippen LogP contribution is -2.22. The third kappa shape index (κ3) is 6.83. The van der Waals surface area contributed by atoms with Crippen LogP contribution in [0.25, 0.3) is 22.1 Å². The quantitative estimate of drug-likeness (QED) is 0.191. The van der Waals surface area contributed by atoms with Crippen LogP contribution in [0.4, 0.5) is 0 Å². The number of carbonyl (C=O) groups excluding carboxylic acids is 2. The van der Waals surface area contributed by atoms with Crippen LogP contribution >= 0.6 is 0 Å². The Labute approximate surface area is 238 Å². The molecule has 0 aliphatic rings. The van der Waals surface area contributed by atoms with E-state index in [2.05, 4.69) is 5.32 Å². The van der Waals surface area contributed by atoms with Gasteiger partial charge in [0.1, 0.15) is 23.7 Å². The zero-order chi connectivity index (χ0) is 28.6. The Hall–Kier alpha value is -4.88. The summed E-state index contributed by atoms with van der Waals surface area (Å²) in [6, 6.07) is 30.6. The molecular weight excluding hydrogens is 516 g/mol. The summed E-state index contributed by atoms with van der Waals surface area (Å²) in [6.07, 6.45) is 0.139. The molecule has 0 saturated carbocycles. The Morgan fingerprint density at radius 3 is 2.49 bits per heavy atom. The van der Waals surface area contributed by atoms with Crippen molar-refractivity contribution in [2.75, 3.05) is 6.61 Å². The van der Waals surface area contributed by atoms with Crippen LogP contribution in [0.15, 0.2) is 101 Å². The highest BCUT2D eigenvalue weighted by Crippen LogP contribution is 2.34. The number of rotatable bonds is 11. The summed E-state index contributed by atoms with van der Waals surface area (Å²) in [7, 11) is 0. The van der Waals surface area contributed by atoms with E-state index in [9.17, 15) is 9.59 Å². The Kier molecular flexibility index (Phi) is 8.76. The molecule has 7 nitrogen and oxygen atoms in total. The molecule has 5 rings (SSSR count). The van der Waals surface area contributed by atoms with E-state index >= 15 is 0 Å². The second-order valence-corrected chi connectivity index (χ2v) is 9.61. The van der Waals surface area contributed by atoms with Gasteiger partial charge in [0.25, 0.3) is 5.91 Å². The van der Waals surface area contributed by atoms with E-state index < -0.39 is 0 Å². The fourth-order valence-corrected chi connectivity index (χ4v) is 4.70. The van der Waals surface area contributed by atoms with Gasteiger partial charge in [0.15, 0.2) is 0 Å². The van der Waals surface area contributed by atoms with Gasteiger partial charge in [-0.05, 0) is 66.1 Å². The van der Waals surface area contributed by atoms with Crippen LogP contribution in [-0.4, -0.2) is 18.5 Å². The molecule has 0 atom stereocenters. The van der Waals surface area contributed by atoms with E-state index in [1.165, 1.54) is 0 Å². The number of amides is 1. The van der Waals surface area contributed by atoms with Crippen molar-refractivity contribution in [2.24, 2.45) is 5.73 Å². The number of benzene rings is 4. The van der Waals surface area contributed by atoms with Gasteiger partial charge in [-0.15, -0.1) is 0 Å². The highest BCUT2D eigenvalue weighted by atomic mass is 16.5. The zero-order valence-corrected chi connectivity index (χ0v) is 22.9. The molecule has 1 amide bonds. The van der Waals surface area contributed by atoms with Gasteiger partial charge < -0.3 is 24.9 Å². The first-order valence-electron chi connectivity index (χ1n) is 13.6. The first-order chi connectivity index (χ1) is 20.0. The van der Waals surface area contributed by atoms with Crippen molar-refractivity contribution >= 4 is 22.8 Å². The van der Waals surface area contributed by atoms with Crippen LogP contribution < -0.4 is 15.8 Å². The van der Waals surface area contributed by atoms with Crippen molar-refractivity contribution in [1.29, 1.82) is 0 Å². The van der Waals surface area contributed by atoms with Crippen molar-refractivity contribution in [3.05, 3.63) is 125 Å². The predicted octanol–water partition coefficient (Wildman–Crippen LogP) is 6.17. The van der Waals surface area contributed by atoms with Gasteiger partial charge >= 0.3 is 5.97 Å². The van der Waals surface area contributed by atoms with E-state index in [1.54, 1.807) is 19.1 Å². The van der Waals surface area contributed by atoms with Gasteiger partial charge in [0, 0.05) is 28.6 Å². The van der Waals surface area contributed by atoms with Gasteiger partial charge in [0.2, 0.25) is 0 Å². The molecule has 41 heavy (non-hydrogen) atoms. The van der Waals surface area contributed by atoms with Gasteiger partial charge in [0.05, 0.1) is 19.6 Å². The maximum atomic E-state index is 12.6. The molecule has 0 fully saturated rings. The van der Waals surface area contributed by atoms with Crippen molar-refractivity contribution in [3.8, 4) is 16.9 Å². The number of nitrogens with one attached hydrogen (secondary N) is 1. The predicted molar refractivity (Wildman–Crippen MR) is 158 cm³/mol. The molecule has 0 saturated heterocycles. The maximum absolute atomic E-state index is 12.6. The topological polar surface area (TPSA) is 104 Å². The van der Waals surface area contributed by atoms with Crippen LogP contribution in [-0.2, 0) is 35.6 Å². The van der Waals surface area contributed by atoms with Crippen molar-refractivity contribution < 1.29 is 23.5 Å². The molecule has 4 aromatic carbocycles. The fraction of sp³-hybridized carbons (Fsp3) is 0.176. The molecular formula is C34H32N2O5. The zero-order valence-electron chi connectivity index (χ0n) is 22.9. The highest BCUT2D eigenvalue weighted by Gasteiger charge is 2.15. The molecule has 1 heterocycles. The summed E-state index contributed by atoms with van der Waals surface area (Å²) in [5.41, 5.74) is 11.8. The molecule has 5 aromatic rings. The van der Waals surface area contributed by atoms with Crippen LogP contribution in [0.5, 0.6) is 5.75 Å². The minimum Gasteiger partial charge on any atom is -0.489 e. The number of ether oxygens (including phenoxy) is 2. The summed E-state index contributed by atoms with van der Waals surface area (Å²) in [4.78, 5) is 24.7. The number of para-hydroxylation sites is 1. The van der Waals surface area contributed by atoms with Crippen LogP contribution in [0.1, 0.15) is 39.7 Å². The van der Waals surface area contributed by atoms with E-state index in [0.717, 1.165) is 38.8 Å². The molecule has 0 aliphatic carbocycles. The Balaban J connectivity index is 1.43. The third-order valence-electron chi connectivity index (χ3n) is 6.67. The number of esters is 1. The standard InChI is InChI=1S/C34H32N2O5/c1-2-39-32(37)19-27-12-6-7-14-31(27)40-22-24-16-28-18-29(21-36-34(38)25-10-4-3-5-11-25)41-33(28)30(17-24)26-13-8-9-23(15-26)20-35/h3-18H,2,19-22,35H2,1H3,(H,36,38). The van der Waals surface area contributed by atoms with Crippen molar-refractivity contribution in [1.82, 2.24) is 5.32 Å². The van der Waals surface area contributed by atoms with Gasteiger partial charge in [-0.1, -0.05) is 54.6 Å². The lowest BCUT2D eigenvalue weighted by molar-refractivity contribution is -0.142. The molecule has 1 aromatic heterocycles. The molecule has 208 valence electrons. The molecule has 3 N–H and O–H groups in total. The first kappa shape index (κ1) is 27.7. The average molecular weight is 549 g/mol. The van der Waals surface area contributed by atoms with E-state index in [0.29, 0.717) is 30.2 Å². The maximum Gasteiger partial charge on any atom is 0.310 e. The fourth-order valence-electron chi connectivity index (χ4n) is 4.70. The summed E-state index contributed by atoms with van der Waals surface area (Å²) in [5, 5.41) is 3.83. The molecule has 0 aliphatic heterocycles. The Morgan fingerprint density at radius 2 is 1.68 bits per heavy atom. The van der Waals surface area contributed by atoms with Gasteiger partial charge in [-0.2, -0.15) is 0 Å². The lowest BCUT2D eigenvalue weighted by atomic mass is 9.99. The second-order valence-electron chi connectivity index (χ2n) is 9.61. The monoisotopic (exact) mass is 548 g/mol. The number of hydrogen-bond donors (Lipinski definition) is 2. The molecule has 0 unspecified atom stereocenters. The highest BCUT2D eigenvalue weighted by molar-refractivity contribution is 5.95. The Morgan fingerprint density at radius 1 is 0.878 bits per heavy atom. The number of fused-ring (bicyclic) bond motifs is 1. The molecule has 0 bridgehead atoms. The van der Waals surface area contributed by atoms with E-state index in [-0.39, 0.29) is 31.4 Å². The van der Waals surface area contributed by atoms with Crippen molar-refractivity contribution in [3.63, 3.8) is 0 Å². The minimum atomic E-state index is -0.294. The van der Waals surface area contributed by atoms with Gasteiger partial charge in [-0.3, -0.25) is 9.59 Å². The minimum absolute atomic E-state index is 0.139. The Bertz CT molecular complexity index is 1660. The average Bonchev–Trinajstić information content (AvgIpc) is 3.42. The smallest absolute Gasteiger partial charge is 0.310 e. The van der Waals surface area contributed by atoms with E-state index in [4.69, 9.17) is 19.6 Å². The number of hydrogen-bond acceptors (Lipinski definition) is 6. The molecule has 0 radical (unpaired) electrons. The largest absolute Gasteiger partial charge is 0.489 e. The van der Waals surface area contributed by atoms with Crippen LogP contribution in [0, 0.1) is 0 Å². The first-order valence-corrected chi connectivity index (χ1v) is 13.6. The number of nitrogens with two attached hydrogens (primary N) is 1. The number of furan rings is 1. The van der Waals surface area contributed by atoms with Gasteiger partial charge in [-0.25, -0.2) is 0 Å². The van der Waals surface area contributed by atoms with Crippen LogP contribution in [0.3, 0.4) is 0 Å². The SMILES string of the molecule is CCOC(=O)Cc1ccccc1OCc1cc(-c2cccc(CN)c2)c2oc(CNC(=O)c3ccccc3)cc2c1. The summed E-state index contributed by atoms with van der Waals surface area (Å²) in [6.45, 7) is 3.07. The van der Waals surface area contributed by atoms with Crippen molar-refractivity contribution in [2.45, 2.75) is 33.0 Å². The molecule has 0 spiro atoms. The second kappa shape index (κ2) is 13.0. The summed E-state index contributed by atoms with van der Waals surface area (Å²) in [5.74, 6) is 0.803. The molecule has 7 heteroatoms. The summed E-state index contributed by atoms with van der Waals surface area (Å²) >= 11 is 0. The third-order valence-corrected chi connectivity index (χ3v) is 6.67. The van der Waals surface area contributed by atoms with Crippen LogP contribution in [0.2, 0.25) is 0 Å². The summed E-state index contributed by atoms with van der Waals surface area (Å²) < 4.78 is 17.6.